The van der Waals surface area contributed by atoms with Crippen molar-refractivity contribution in [2.45, 2.75) is 13.8 Å². The number of benzene rings is 1. The van der Waals surface area contributed by atoms with Gasteiger partial charge in [0.15, 0.2) is 0 Å². The molecule has 0 aliphatic heterocycles. The van der Waals surface area contributed by atoms with Crippen LogP contribution in [0.2, 0.25) is 0 Å². The predicted octanol–water partition coefficient (Wildman–Crippen LogP) is 2.10. The summed E-state index contributed by atoms with van der Waals surface area (Å²) in [6, 6.07) is 5.79. The van der Waals surface area contributed by atoms with Crippen molar-refractivity contribution in [3.63, 3.8) is 0 Å². The summed E-state index contributed by atoms with van der Waals surface area (Å²) in [6.45, 7) is 4.70. The highest BCUT2D eigenvalue weighted by Gasteiger charge is 2.02. The van der Waals surface area contributed by atoms with Crippen LogP contribution >= 0.6 is 0 Å². The molecule has 0 fully saturated rings. The number of aliphatic hydroxyl groups is 1. The average Bonchev–Trinajstić information content (AvgIpc) is 2.27. The molecule has 0 radical (unpaired) electrons. The standard InChI is InChI=1S/C12H18N2O/c1-3-9(2)11-8-10(14-6-7-15)4-5-12(11)13/h3-5,8,14-15H,6-7,13H2,1-2H3/b9-3-. The zero-order chi connectivity index (χ0) is 11.3. The Kier molecular flexibility index (Phi) is 4.18. The number of nitrogens with two attached hydrogens (primary N) is 1. The summed E-state index contributed by atoms with van der Waals surface area (Å²) in [5, 5.41) is 11.8. The van der Waals surface area contributed by atoms with Crippen LogP contribution < -0.4 is 11.1 Å². The zero-order valence-electron chi connectivity index (χ0n) is 9.25. The van der Waals surface area contributed by atoms with E-state index < -0.39 is 0 Å². The van der Waals surface area contributed by atoms with Crippen LogP contribution in [0.25, 0.3) is 5.57 Å². The summed E-state index contributed by atoms with van der Waals surface area (Å²) in [5.74, 6) is 0. The van der Waals surface area contributed by atoms with Crippen LogP contribution in [-0.2, 0) is 0 Å². The molecule has 0 amide bonds. The molecular formula is C12H18N2O. The number of anilines is 2. The third-order valence-corrected chi connectivity index (χ3v) is 2.35. The second-order valence-corrected chi connectivity index (χ2v) is 3.42. The lowest BCUT2D eigenvalue weighted by Gasteiger charge is -2.10. The van der Waals surface area contributed by atoms with E-state index in [0.29, 0.717) is 6.54 Å². The van der Waals surface area contributed by atoms with E-state index in [2.05, 4.69) is 5.32 Å². The molecule has 1 aromatic carbocycles. The van der Waals surface area contributed by atoms with Crippen molar-refractivity contribution in [2.75, 3.05) is 24.2 Å². The van der Waals surface area contributed by atoms with E-state index in [1.54, 1.807) is 0 Å². The molecule has 0 saturated heterocycles. The molecule has 3 nitrogen and oxygen atoms in total. The molecule has 1 rings (SSSR count). The van der Waals surface area contributed by atoms with Gasteiger partial charge in [0.25, 0.3) is 0 Å². The summed E-state index contributed by atoms with van der Waals surface area (Å²) >= 11 is 0. The second-order valence-electron chi connectivity index (χ2n) is 3.42. The third-order valence-electron chi connectivity index (χ3n) is 2.35. The Morgan fingerprint density at radius 3 is 2.87 bits per heavy atom. The maximum atomic E-state index is 8.71. The van der Waals surface area contributed by atoms with Crippen molar-refractivity contribution in [2.24, 2.45) is 0 Å². The zero-order valence-corrected chi connectivity index (χ0v) is 9.25. The van der Waals surface area contributed by atoms with E-state index in [-0.39, 0.29) is 6.61 Å². The van der Waals surface area contributed by atoms with E-state index in [9.17, 15) is 0 Å². The summed E-state index contributed by atoms with van der Waals surface area (Å²) in [7, 11) is 0. The smallest absolute Gasteiger partial charge is 0.0604 e. The average molecular weight is 206 g/mol. The molecule has 0 saturated carbocycles. The Hall–Kier alpha value is -1.48. The third kappa shape index (κ3) is 2.99. The van der Waals surface area contributed by atoms with Gasteiger partial charge in [0.05, 0.1) is 6.61 Å². The van der Waals surface area contributed by atoms with Gasteiger partial charge >= 0.3 is 0 Å². The van der Waals surface area contributed by atoms with Gasteiger partial charge in [0.1, 0.15) is 0 Å². The van der Waals surface area contributed by atoms with E-state index in [0.717, 1.165) is 22.5 Å². The van der Waals surface area contributed by atoms with Gasteiger partial charge in [-0.15, -0.1) is 0 Å². The van der Waals surface area contributed by atoms with Crippen molar-refractivity contribution in [1.29, 1.82) is 0 Å². The van der Waals surface area contributed by atoms with Gasteiger partial charge in [-0.1, -0.05) is 6.08 Å². The van der Waals surface area contributed by atoms with Gasteiger partial charge in [0.2, 0.25) is 0 Å². The fourth-order valence-electron chi connectivity index (χ4n) is 1.36. The van der Waals surface area contributed by atoms with Crippen LogP contribution in [0.1, 0.15) is 19.4 Å². The Bertz CT molecular complexity index is 359. The van der Waals surface area contributed by atoms with Crippen molar-refractivity contribution in [3.8, 4) is 0 Å². The van der Waals surface area contributed by atoms with Crippen molar-refractivity contribution in [3.05, 3.63) is 29.8 Å². The minimum absolute atomic E-state index is 0.127. The van der Waals surface area contributed by atoms with Gasteiger partial charge in [0, 0.05) is 23.5 Å². The maximum absolute atomic E-state index is 8.71. The SMILES string of the molecule is C/C=C(/C)c1cc(NCCO)ccc1N. The lowest BCUT2D eigenvalue weighted by atomic mass is 10.0. The molecule has 4 N–H and O–H groups in total. The fourth-order valence-corrected chi connectivity index (χ4v) is 1.36. The van der Waals surface area contributed by atoms with Crippen molar-refractivity contribution < 1.29 is 5.11 Å². The molecule has 0 spiro atoms. The molecule has 0 aliphatic rings. The first kappa shape index (κ1) is 11.6. The molecule has 0 aliphatic carbocycles. The highest BCUT2D eigenvalue weighted by molar-refractivity contribution is 5.76. The van der Waals surface area contributed by atoms with Crippen LogP contribution in [0.3, 0.4) is 0 Å². The van der Waals surface area contributed by atoms with E-state index in [4.69, 9.17) is 10.8 Å². The van der Waals surface area contributed by atoms with E-state index in [1.165, 1.54) is 0 Å². The Morgan fingerprint density at radius 2 is 2.27 bits per heavy atom. The molecule has 1 aromatic rings. The van der Waals surface area contributed by atoms with Crippen LogP contribution in [0.5, 0.6) is 0 Å². The molecule has 0 aromatic heterocycles. The number of allylic oxidation sites excluding steroid dienone is 2. The van der Waals surface area contributed by atoms with E-state index in [1.807, 2.05) is 38.1 Å². The van der Waals surface area contributed by atoms with Crippen LogP contribution in [0, 0.1) is 0 Å². The highest BCUT2D eigenvalue weighted by Crippen LogP contribution is 2.24. The summed E-state index contributed by atoms with van der Waals surface area (Å²) < 4.78 is 0. The first-order valence-electron chi connectivity index (χ1n) is 5.06. The first-order chi connectivity index (χ1) is 7.19. The number of hydrogen-bond donors (Lipinski definition) is 3. The minimum atomic E-state index is 0.127. The monoisotopic (exact) mass is 206 g/mol. The molecule has 0 bridgehead atoms. The van der Waals surface area contributed by atoms with Crippen LogP contribution in [0.15, 0.2) is 24.3 Å². The molecule has 15 heavy (non-hydrogen) atoms. The number of nitrogens with one attached hydrogen (secondary N) is 1. The topological polar surface area (TPSA) is 58.3 Å². The first-order valence-corrected chi connectivity index (χ1v) is 5.06. The summed E-state index contributed by atoms with van der Waals surface area (Å²) in [6.07, 6.45) is 2.03. The van der Waals surface area contributed by atoms with Gasteiger partial charge < -0.3 is 16.2 Å². The lowest BCUT2D eigenvalue weighted by Crippen LogP contribution is -2.06. The number of aliphatic hydroxyl groups excluding tert-OH is 1. The number of nitrogen functional groups attached to an aromatic ring is 1. The summed E-state index contributed by atoms with van der Waals surface area (Å²) in [5.41, 5.74) is 9.83. The number of rotatable bonds is 4. The lowest BCUT2D eigenvalue weighted by molar-refractivity contribution is 0.311. The second kappa shape index (κ2) is 5.41. The van der Waals surface area contributed by atoms with Gasteiger partial charge in [-0.25, -0.2) is 0 Å². The van der Waals surface area contributed by atoms with E-state index >= 15 is 0 Å². The minimum Gasteiger partial charge on any atom is -0.398 e. The molecule has 0 atom stereocenters. The van der Waals surface area contributed by atoms with Gasteiger partial charge in [-0.05, 0) is 37.6 Å². The number of hydrogen-bond acceptors (Lipinski definition) is 3. The van der Waals surface area contributed by atoms with Crippen molar-refractivity contribution in [1.82, 2.24) is 0 Å². The highest BCUT2D eigenvalue weighted by atomic mass is 16.3. The van der Waals surface area contributed by atoms with Crippen molar-refractivity contribution >= 4 is 16.9 Å². The normalized spacial score (nSPS) is 11.5. The molecular weight excluding hydrogens is 188 g/mol. The largest absolute Gasteiger partial charge is 0.398 e. The van der Waals surface area contributed by atoms with Crippen LogP contribution in [0.4, 0.5) is 11.4 Å². The van der Waals surface area contributed by atoms with Crippen LogP contribution in [-0.4, -0.2) is 18.3 Å². The quantitative estimate of drug-likeness (QED) is 0.661. The molecule has 82 valence electrons. The fraction of sp³-hybridized carbons (Fsp3) is 0.333. The predicted molar refractivity (Wildman–Crippen MR) is 65.8 cm³/mol. The Morgan fingerprint density at radius 1 is 1.53 bits per heavy atom. The molecule has 0 unspecified atom stereocenters. The van der Waals surface area contributed by atoms with Gasteiger partial charge in [-0.3, -0.25) is 0 Å². The molecule has 3 heteroatoms. The maximum Gasteiger partial charge on any atom is 0.0604 e. The van der Waals surface area contributed by atoms with Gasteiger partial charge in [-0.2, -0.15) is 0 Å². The Balaban J connectivity index is 2.95. The Labute approximate surface area is 90.6 Å². The summed E-state index contributed by atoms with van der Waals surface area (Å²) in [4.78, 5) is 0. The molecule has 0 heterocycles.